The van der Waals surface area contributed by atoms with E-state index in [4.69, 9.17) is 0 Å². The Bertz CT molecular complexity index is 1600. The smallest absolute Gasteiger partial charge is 0.356 e. The van der Waals surface area contributed by atoms with E-state index in [0.717, 1.165) is 24.0 Å². The quantitative estimate of drug-likeness (QED) is 0.347. The zero-order valence-electron chi connectivity index (χ0n) is 22.9. The maximum atomic E-state index is 14.5. The van der Waals surface area contributed by atoms with E-state index in [9.17, 15) is 36.0 Å². The first kappa shape index (κ1) is 30.8. The van der Waals surface area contributed by atoms with Gasteiger partial charge >= 0.3 is 6.18 Å². The molecule has 0 saturated carbocycles. The van der Waals surface area contributed by atoms with Crippen LogP contribution in [0.3, 0.4) is 0 Å². The Kier molecular flexibility index (Phi) is 8.77. The highest BCUT2D eigenvalue weighted by Crippen LogP contribution is 2.38. The Morgan fingerprint density at radius 3 is 2.36 bits per heavy atom. The highest BCUT2D eigenvalue weighted by atomic mass is 32.2. The van der Waals surface area contributed by atoms with Crippen LogP contribution in [0.25, 0.3) is 0 Å². The number of nitriles is 1. The van der Waals surface area contributed by atoms with E-state index in [1.807, 2.05) is 35.1 Å². The van der Waals surface area contributed by atoms with E-state index in [-0.39, 0.29) is 36.7 Å². The molecule has 1 saturated heterocycles. The SMILES string of the molecule is CC(C(=O)NCc1ccc(C(F)(F)F)nc1N1CCC(C#N)(c2ccccc2)CC1)c1ccc(NS(C)(=O)=O)c(F)c1. The molecule has 3 aromatic rings. The molecule has 1 fully saturated rings. The molecule has 13 heteroatoms. The van der Waals surface area contributed by atoms with Crippen molar-refractivity contribution in [2.24, 2.45) is 0 Å². The van der Waals surface area contributed by atoms with E-state index < -0.39 is 45.0 Å². The third kappa shape index (κ3) is 6.99. The average molecular weight is 604 g/mol. The van der Waals surface area contributed by atoms with Crippen molar-refractivity contribution in [1.29, 1.82) is 5.26 Å². The van der Waals surface area contributed by atoms with Crippen molar-refractivity contribution in [3.05, 3.63) is 88.9 Å². The monoisotopic (exact) mass is 603 g/mol. The summed E-state index contributed by atoms with van der Waals surface area (Å²) in [4.78, 5) is 18.5. The lowest BCUT2D eigenvalue weighted by Gasteiger charge is -2.39. The van der Waals surface area contributed by atoms with Crippen molar-refractivity contribution in [2.75, 3.05) is 29.0 Å². The number of anilines is 2. The van der Waals surface area contributed by atoms with Gasteiger partial charge in [0.25, 0.3) is 0 Å². The summed E-state index contributed by atoms with van der Waals surface area (Å²) in [6.45, 7) is 1.94. The third-order valence-electron chi connectivity index (χ3n) is 7.34. The van der Waals surface area contributed by atoms with Gasteiger partial charge in [-0.15, -0.1) is 0 Å². The largest absolute Gasteiger partial charge is 0.433 e. The fraction of sp³-hybridized carbons (Fsp3) is 0.345. The Morgan fingerprint density at radius 2 is 1.79 bits per heavy atom. The highest BCUT2D eigenvalue weighted by molar-refractivity contribution is 7.92. The number of amides is 1. The predicted octanol–water partition coefficient (Wildman–Crippen LogP) is 5.09. The molecule has 2 N–H and O–H groups in total. The molecule has 1 atom stereocenters. The van der Waals surface area contributed by atoms with Gasteiger partial charge in [0.15, 0.2) is 0 Å². The Hall–Kier alpha value is -4.18. The van der Waals surface area contributed by atoms with Crippen molar-refractivity contribution in [3.63, 3.8) is 0 Å². The van der Waals surface area contributed by atoms with Crippen LogP contribution in [0, 0.1) is 17.1 Å². The summed E-state index contributed by atoms with van der Waals surface area (Å²) in [5.74, 6) is -2.16. The number of carbonyl (C=O) groups is 1. The van der Waals surface area contributed by atoms with Crippen LogP contribution in [0.1, 0.15) is 48.1 Å². The summed E-state index contributed by atoms with van der Waals surface area (Å²) < 4.78 is 80.0. The number of rotatable bonds is 8. The first-order valence-corrected chi connectivity index (χ1v) is 15.0. The number of aromatic nitrogens is 1. The van der Waals surface area contributed by atoms with Gasteiger partial charge in [-0.05, 0) is 49.1 Å². The van der Waals surface area contributed by atoms with Gasteiger partial charge in [-0.2, -0.15) is 18.4 Å². The van der Waals surface area contributed by atoms with Crippen LogP contribution < -0.4 is 14.9 Å². The van der Waals surface area contributed by atoms with Gasteiger partial charge in [0.1, 0.15) is 17.3 Å². The van der Waals surface area contributed by atoms with E-state index in [1.54, 1.807) is 4.90 Å². The summed E-state index contributed by atoms with van der Waals surface area (Å²) in [5, 5.41) is 12.7. The lowest BCUT2D eigenvalue weighted by atomic mass is 9.74. The Morgan fingerprint density at radius 1 is 1.12 bits per heavy atom. The minimum atomic E-state index is -4.68. The summed E-state index contributed by atoms with van der Waals surface area (Å²) in [7, 11) is -3.70. The molecule has 1 unspecified atom stereocenters. The number of hydrogen-bond acceptors (Lipinski definition) is 6. The van der Waals surface area contributed by atoms with Crippen LogP contribution >= 0.6 is 0 Å². The van der Waals surface area contributed by atoms with Crippen molar-refractivity contribution < 1.29 is 30.8 Å². The zero-order valence-corrected chi connectivity index (χ0v) is 23.7. The summed E-state index contributed by atoms with van der Waals surface area (Å²) in [6.07, 6.45) is -3.04. The van der Waals surface area contributed by atoms with Crippen molar-refractivity contribution in [3.8, 4) is 6.07 Å². The molecule has 1 aliphatic heterocycles. The van der Waals surface area contributed by atoms with Gasteiger partial charge in [-0.3, -0.25) is 9.52 Å². The maximum absolute atomic E-state index is 14.5. The van der Waals surface area contributed by atoms with Crippen LogP contribution in [0.5, 0.6) is 0 Å². The maximum Gasteiger partial charge on any atom is 0.433 e. The summed E-state index contributed by atoms with van der Waals surface area (Å²) in [6, 6.07) is 17.4. The van der Waals surface area contributed by atoms with E-state index >= 15 is 0 Å². The molecule has 8 nitrogen and oxygen atoms in total. The molecule has 222 valence electrons. The molecule has 2 aromatic carbocycles. The summed E-state index contributed by atoms with van der Waals surface area (Å²) >= 11 is 0. The second-order valence-electron chi connectivity index (χ2n) is 10.3. The number of nitrogens with one attached hydrogen (secondary N) is 2. The fourth-order valence-corrected chi connectivity index (χ4v) is 5.50. The number of carbonyl (C=O) groups excluding carboxylic acids is 1. The number of pyridine rings is 1. The molecule has 4 rings (SSSR count). The lowest BCUT2D eigenvalue weighted by Crippen LogP contribution is -2.43. The molecule has 1 aliphatic rings. The van der Waals surface area contributed by atoms with Crippen LogP contribution in [0.15, 0.2) is 60.7 Å². The van der Waals surface area contributed by atoms with E-state index in [0.29, 0.717) is 18.4 Å². The van der Waals surface area contributed by atoms with Crippen LogP contribution in [-0.4, -0.2) is 38.7 Å². The molecule has 0 radical (unpaired) electrons. The number of sulfonamides is 1. The van der Waals surface area contributed by atoms with Crippen LogP contribution in [-0.2, 0) is 33.0 Å². The Balaban J connectivity index is 1.52. The highest BCUT2D eigenvalue weighted by Gasteiger charge is 2.38. The molecule has 2 heterocycles. The number of benzene rings is 2. The predicted molar refractivity (Wildman–Crippen MR) is 150 cm³/mol. The van der Waals surface area contributed by atoms with Gasteiger partial charge in [-0.25, -0.2) is 17.8 Å². The summed E-state index contributed by atoms with van der Waals surface area (Å²) in [5.41, 5.74) is -0.624. The minimum Gasteiger partial charge on any atom is -0.356 e. The molecular weight excluding hydrogens is 574 g/mol. The first-order chi connectivity index (χ1) is 19.7. The third-order valence-corrected chi connectivity index (χ3v) is 7.93. The number of halogens is 4. The first-order valence-electron chi connectivity index (χ1n) is 13.1. The number of hydrogen-bond donors (Lipinski definition) is 2. The van der Waals surface area contributed by atoms with Crippen molar-refractivity contribution in [1.82, 2.24) is 10.3 Å². The lowest BCUT2D eigenvalue weighted by molar-refractivity contribution is -0.141. The molecule has 0 aliphatic carbocycles. The van der Waals surface area contributed by atoms with E-state index in [2.05, 4.69) is 16.4 Å². The van der Waals surface area contributed by atoms with Crippen molar-refractivity contribution >= 4 is 27.4 Å². The normalized spacial score (nSPS) is 15.9. The molecule has 0 bridgehead atoms. The average Bonchev–Trinajstić information content (AvgIpc) is 2.96. The topological polar surface area (TPSA) is 115 Å². The van der Waals surface area contributed by atoms with Crippen LogP contribution in [0.2, 0.25) is 0 Å². The number of alkyl halides is 3. The molecule has 1 aromatic heterocycles. The fourth-order valence-electron chi connectivity index (χ4n) is 4.94. The van der Waals surface area contributed by atoms with Gasteiger partial charge in [0.05, 0.1) is 29.3 Å². The molecular formula is C29H29F4N5O3S. The van der Waals surface area contributed by atoms with Gasteiger partial charge in [-0.1, -0.05) is 42.5 Å². The van der Waals surface area contributed by atoms with Gasteiger partial charge < -0.3 is 10.2 Å². The number of nitrogens with zero attached hydrogens (tertiary/aromatic N) is 3. The molecule has 42 heavy (non-hydrogen) atoms. The van der Waals surface area contributed by atoms with Crippen molar-refractivity contribution in [2.45, 2.75) is 43.8 Å². The molecule has 0 spiro atoms. The second-order valence-corrected chi connectivity index (χ2v) is 12.0. The van der Waals surface area contributed by atoms with Crippen LogP contribution in [0.4, 0.5) is 29.1 Å². The Labute approximate surface area is 241 Å². The van der Waals surface area contributed by atoms with Gasteiger partial charge in [0.2, 0.25) is 15.9 Å². The molecule has 1 amide bonds. The van der Waals surface area contributed by atoms with Gasteiger partial charge in [0, 0.05) is 25.2 Å². The standard InChI is InChI=1S/C29H29F4N5O3S/c1-19(20-8-10-24(23(30)16-20)37-42(2,40)41)27(39)35-17-21-9-11-25(29(31,32)33)36-26(21)38-14-12-28(18-34,13-15-38)22-6-4-3-5-7-22/h3-11,16,19,37H,12-15,17H2,1-2H3,(H,35,39). The second kappa shape index (κ2) is 12.0. The van der Waals surface area contributed by atoms with E-state index in [1.165, 1.54) is 25.1 Å². The minimum absolute atomic E-state index is 0.0691. The zero-order chi connectivity index (χ0) is 30.7. The number of piperidine rings is 1.